The molecule has 1 unspecified atom stereocenters. The summed E-state index contributed by atoms with van der Waals surface area (Å²) < 4.78 is 32.5. The van der Waals surface area contributed by atoms with E-state index in [0.717, 1.165) is 0 Å². The minimum absolute atomic E-state index is 0.130. The molecule has 6 heteroatoms. The summed E-state index contributed by atoms with van der Waals surface area (Å²) >= 11 is 0. The van der Waals surface area contributed by atoms with E-state index in [-0.39, 0.29) is 23.0 Å². The molecule has 0 saturated heterocycles. The Labute approximate surface area is 120 Å². The molecule has 0 radical (unpaired) electrons. The van der Waals surface area contributed by atoms with Gasteiger partial charge in [0.2, 0.25) is 10.0 Å². The maximum absolute atomic E-state index is 12.4. The monoisotopic (exact) mass is 299 g/mol. The predicted molar refractivity (Wildman–Crippen MR) is 76.1 cm³/mol. The molecule has 2 N–H and O–H groups in total. The van der Waals surface area contributed by atoms with Crippen LogP contribution in [0.3, 0.4) is 0 Å². The maximum Gasteiger partial charge on any atom is 0.240 e. The number of sulfonamides is 1. The molecule has 0 aliphatic heterocycles. The summed E-state index contributed by atoms with van der Waals surface area (Å²) in [5.41, 5.74) is 0. The van der Waals surface area contributed by atoms with Crippen LogP contribution in [0.15, 0.2) is 29.2 Å². The van der Waals surface area contributed by atoms with Crippen LogP contribution >= 0.6 is 0 Å². The van der Waals surface area contributed by atoms with Gasteiger partial charge < -0.3 is 9.84 Å². The molecule has 20 heavy (non-hydrogen) atoms. The number of rotatable bonds is 6. The van der Waals surface area contributed by atoms with Crippen LogP contribution in [0, 0.1) is 5.92 Å². The van der Waals surface area contributed by atoms with Crippen molar-refractivity contribution in [2.24, 2.45) is 5.92 Å². The van der Waals surface area contributed by atoms with Crippen molar-refractivity contribution in [1.29, 1.82) is 0 Å². The largest absolute Gasteiger partial charge is 0.497 e. The number of benzene rings is 1. The molecule has 1 aromatic carbocycles. The van der Waals surface area contributed by atoms with Crippen molar-refractivity contribution < 1.29 is 18.3 Å². The highest BCUT2D eigenvalue weighted by Crippen LogP contribution is 2.32. The van der Waals surface area contributed by atoms with Gasteiger partial charge in [0.1, 0.15) is 5.75 Å². The van der Waals surface area contributed by atoms with Gasteiger partial charge in [0, 0.05) is 12.1 Å². The molecule has 0 amide bonds. The quantitative estimate of drug-likeness (QED) is 0.835. The smallest absolute Gasteiger partial charge is 0.240 e. The third-order valence-electron chi connectivity index (χ3n) is 3.82. The van der Waals surface area contributed by atoms with E-state index in [0.29, 0.717) is 25.0 Å². The van der Waals surface area contributed by atoms with E-state index in [1.165, 1.54) is 13.2 Å². The Balaban J connectivity index is 2.12. The minimum Gasteiger partial charge on any atom is -0.497 e. The first-order chi connectivity index (χ1) is 9.46. The number of hydrogen-bond donors (Lipinski definition) is 2. The van der Waals surface area contributed by atoms with E-state index in [9.17, 15) is 13.5 Å². The highest BCUT2D eigenvalue weighted by molar-refractivity contribution is 7.89. The Kier molecular flexibility index (Phi) is 4.67. The van der Waals surface area contributed by atoms with Gasteiger partial charge in [-0.2, -0.15) is 0 Å². The first kappa shape index (κ1) is 15.3. The zero-order chi connectivity index (χ0) is 14.8. The number of hydrogen-bond acceptors (Lipinski definition) is 4. The van der Waals surface area contributed by atoms with E-state index < -0.39 is 10.0 Å². The van der Waals surface area contributed by atoms with E-state index in [1.807, 2.05) is 6.92 Å². The third kappa shape index (κ3) is 3.31. The van der Waals surface area contributed by atoms with Gasteiger partial charge in [0.15, 0.2) is 0 Å². The molecule has 0 aromatic heterocycles. The van der Waals surface area contributed by atoms with Crippen LogP contribution < -0.4 is 9.46 Å². The Morgan fingerprint density at radius 3 is 2.70 bits per heavy atom. The number of aliphatic hydroxyl groups is 1. The van der Waals surface area contributed by atoms with Crippen molar-refractivity contribution in [3.63, 3.8) is 0 Å². The molecule has 1 saturated carbocycles. The molecule has 5 nitrogen and oxygen atoms in total. The first-order valence-electron chi connectivity index (χ1n) is 6.80. The molecule has 0 heterocycles. The van der Waals surface area contributed by atoms with Crippen LogP contribution in [0.1, 0.15) is 26.2 Å². The van der Waals surface area contributed by atoms with Gasteiger partial charge in [-0.3, -0.25) is 0 Å². The molecule has 0 spiro atoms. The van der Waals surface area contributed by atoms with Crippen LogP contribution in [0.2, 0.25) is 0 Å². The van der Waals surface area contributed by atoms with E-state index in [1.54, 1.807) is 18.2 Å². The molecular weight excluding hydrogens is 278 g/mol. The van der Waals surface area contributed by atoms with E-state index in [2.05, 4.69) is 4.72 Å². The SMILES string of the molecule is CCC(NS(=O)(=O)c1cccc(OC)c1)C1CC(O)C1. The molecular formula is C14H21NO4S. The fraction of sp³-hybridized carbons (Fsp3) is 0.571. The van der Waals surface area contributed by atoms with Crippen LogP contribution in [0.4, 0.5) is 0 Å². The number of ether oxygens (including phenoxy) is 1. The molecule has 112 valence electrons. The zero-order valence-electron chi connectivity index (χ0n) is 11.7. The van der Waals surface area contributed by atoms with Crippen LogP contribution in [-0.4, -0.2) is 32.8 Å². The minimum atomic E-state index is -3.55. The summed E-state index contributed by atoms with van der Waals surface area (Å²) in [5.74, 6) is 0.732. The second kappa shape index (κ2) is 6.11. The summed E-state index contributed by atoms with van der Waals surface area (Å²) in [5, 5.41) is 9.35. The first-order valence-corrected chi connectivity index (χ1v) is 8.29. The molecule has 1 aliphatic rings. The Morgan fingerprint density at radius 2 is 2.15 bits per heavy atom. The summed E-state index contributed by atoms with van der Waals surface area (Å²) in [4.78, 5) is 0.204. The van der Waals surface area contributed by atoms with Gasteiger partial charge in [-0.25, -0.2) is 13.1 Å². The van der Waals surface area contributed by atoms with Crippen molar-refractivity contribution in [3.05, 3.63) is 24.3 Å². The van der Waals surface area contributed by atoms with Crippen LogP contribution in [-0.2, 0) is 10.0 Å². The number of aliphatic hydroxyl groups excluding tert-OH is 1. The Morgan fingerprint density at radius 1 is 1.45 bits per heavy atom. The fourth-order valence-electron chi connectivity index (χ4n) is 2.51. The fourth-order valence-corrected chi connectivity index (χ4v) is 3.93. The topological polar surface area (TPSA) is 75.6 Å². The average Bonchev–Trinajstić information content (AvgIpc) is 2.41. The van der Waals surface area contributed by atoms with Gasteiger partial charge in [-0.05, 0) is 37.3 Å². The maximum atomic E-state index is 12.4. The highest BCUT2D eigenvalue weighted by atomic mass is 32.2. The zero-order valence-corrected chi connectivity index (χ0v) is 12.6. The molecule has 2 rings (SSSR count). The van der Waals surface area contributed by atoms with Gasteiger partial charge in [-0.1, -0.05) is 13.0 Å². The van der Waals surface area contributed by atoms with Gasteiger partial charge in [0.25, 0.3) is 0 Å². The lowest BCUT2D eigenvalue weighted by molar-refractivity contribution is 0.0277. The average molecular weight is 299 g/mol. The van der Waals surface area contributed by atoms with Gasteiger partial charge >= 0.3 is 0 Å². The van der Waals surface area contributed by atoms with Crippen molar-refractivity contribution >= 4 is 10.0 Å². The third-order valence-corrected chi connectivity index (χ3v) is 5.30. The van der Waals surface area contributed by atoms with Crippen molar-refractivity contribution in [2.75, 3.05) is 7.11 Å². The normalized spacial score (nSPS) is 23.9. The highest BCUT2D eigenvalue weighted by Gasteiger charge is 2.35. The van der Waals surface area contributed by atoms with Crippen molar-refractivity contribution in [2.45, 2.75) is 43.2 Å². The molecule has 1 aliphatic carbocycles. The lowest BCUT2D eigenvalue weighted by Crippen LogP contribution is -2.46. The second-order valence-electron chi connectivity index (χ2n) is 5.20. The van der Waals surface area contributed by atoms with Crippen LogP contribution in [0.5, 0.6) is 5.75 Å². The lowest BCUT2D eigenvalue weighted by Gasteiger charge is -2.37. The summed E-state index contributed by atoms with van der Waals surface area (Å²) in [6, 6.07) is 6.28. The van der Waals surface area contributed by atoms with Crippen molar-refractivity contribution in [3.8, 4) is 5.75 Å². The number of nitrogens with one attached hydrogen (secondary N) is 1. The predicted octanol–water partition coefficient (Wildman–Crippen LogP) is 1.52. The summed E-state index contributed by atoms with van der Waals surface area (Å²) in [6.07, 6.45) is 1.76. The summed E-state index contributed by atoms with van der Waals surface area (Å²) in [7, 11) is -2.05. The number of methoxy groups -OCH3 is 1. The second-order valence-corrected chi connectivity index (χ2v) is 6.91. The Bertz CT molecular complexity index is 552. The van der Waals surface area contributed by atoms with E-state index >= 15 is 0 Å². The molecule has 1 fully saturated rings. The van der Waals surface area contributed by atoms with Crippen LogP contribution in [0.25, 0.3) is 0 Å². The van der Waals surface area contributed by atoms with Gasteiger partial charge in [0.05, 0.1) is 18.1 Å². The molecule has 1 aromatic rings. The lowest BCUT2D eigenvalue weighted by atomic mass is 9.77. The van der Waals surface area contributed by atoms with E-state index in [4.69, 9.17) is 4.74 Å². The van der Waals surface area contributed by atoms with Crippen molar-refractivity contribution in [1.82, 2.24) is 4.72 Å². The standard InChI is InChI=1S/C14H21NO4S/c1-3-14(10-7-11(16)8-10)15-20(17,18)13-6-4-5-12(9-13)19-2/h4-6,9-11,14-16H,3,7-8H2,1-2H3. The Hall–Kier alpha value is -1.11. The summed E-state index contributed by atoms with van der Waals surface area (Å²) in [6.45, 7) is 1.95. The van der Waals surface area contributed by atoms with Gasteiger partial charge in [-0.15, -0.1) is 0 Å². The molecule has 0 bridgehead atoms. The molecule has 1 atom stereocenters.